The fourth-order valence-corrected chi connectivity index (χ4v) is 2.33. The summed E-state index contributed by atoms with van der Waals surface area (Å²) in [6.45, 7) is 3.02. The zero-order valence-electron chi connectivity index (χ0n) is 10.7. The van der Waals surface area contributed by atoms with Crippen LogP contribution in [0.4, 0.5) is 13.2 Å². The van der Waals surface area contributed by atoms with Crippen molar-refractivity contribution in [3.05, 3.63) is 27.8 Å². The van der Waals surface area contributed by atoms with Crippen LogP contribution in [0.25, 0.3) is 0 Å². The first kappa shape index (κ1) is 14.9. The minimum atomic E-state index is -4.72. The molecule has 2 heterocycles. The predicted molar refractivity (Wildman–Crippen MR) is 64.4 cm³/mol. The van der Waals surface area contributed by atoms with E-state index in [-0.39, 0.29) is 18.1 Å². The molecular weight excluding hydrogens is 295 g/mol. The van der Waals surface area contributed by atoms with Gasteiger partial charge in [-0.2, -0.15) is 18.2 Å². The predicted octanol–water partition coefficient (Wildman–Crippen LogP) is 2.45. The number of hydrogen-bond donors (Lipinski definition) is 1. The number of halogens is 3. The Morgan fingerprint density at radius 3 is 2.65 bits per heavy atom. The molecule has 0 aliphatic heterocycles. The van der Waals surface area contributed by atoms with Crippen molar-refractivity contribution in [3.8, 4) is 0 Å². The van der Waals surface area contributed by atoms with E-state index >= 15 is 0 Å². The monoisotopic (exact) mass is 307 g/mol. The summed E-state index contributed by atoms with van der Waals surface area (Å²) in [5.74, 6) is -1.30. The highest BCUT2D eigenvalue weighted by Gasteiger charge is 2.44. The third-order valence-corrected chi connectivity index (χ3v) is 3.62. The van der Waals surface area contributed by atoms with Crippen LogP contribution in [0.1, 0.15) is 35.3 Å². The van der Waals surface area contributed by atoms with E-state index < -0.39 is 18.2 Å². The molecule has 2 atom stereocenters. The smallest absolute Gasteiger partial charge is 0.383 e. The number of hydrogen-bond acceptors (Lipinski definition) is 6. The number of rotatable bonds is 4. The maximum absolute atomic E-state index is 12.4. The van der Waals surface area contributed by atoms with Gasteiger partial charge in [-0.25, -0.2) is 4.98 Å². The number of alkyl halides is 3. The number of nitrogens with zero attached hydrogens (tertiary/aromatic N) is 3. The van der Waals surface area contributed by atoms with E-state index in [1.54, 1.807) is 0 Å². The second kappa shape index (κ2) is 5.49. The van der Waals surface area contributed by atoms with E-state index in [2.05, 4.69) is 15.1 Å². The minimum Gasteiger partial charge on any atom is -0.383 e. The minimum absolute atomic E-state index is 0.238. The second-order valence-electron chi connectivity index (χ2n) is 4.38. The van der Waals surface area contributed by atoms with Crippen molar-refractivity contribution in [3.63, 3.8) is 0 Å². The topological polar surface area (TPSA) is 72.0 Å². The zero-order chi connectivity index (χ0) is 14.9. The molecule has 0 aliphatic rings. The Hall–Kier alpha value is -1.48. The zero-order valence-corrected chi connectivity index (χ0v) is 11.5. The maximum Gasteiger partial charge on any atom is 0.415 e. The summed E-state index contributed by atoms with van der Waals surface area (Å²) >= 11 is 1.41. The van der Waals surface area contributed by atoms with Gasteiger partial charge < -0.3 is 9.63 Å². The lowest BCUT2D eigenvalue weighted by molar-refractivity contribution is -0.210. The van der Waals surface area contributed by atoms with Crippen LogP contribution in [0.5, 0.6) is 0 Å². The largest absolute Gasteiger partial charge is 0.415 e. The molecule has 2 rings (SSSR count). The molecule has 5 nitrogen and oxygen atoms in total. The van der Waals surface area contributed by atoms with Gasteiger partial charge in [0.05, 0.1) is 12.3 Å². The highest BCUT2D eigenvalue weighted by molar-refractivity contribution is 7.09. The average Bonchev–Trinajstić information content (AvgIpc) is 2.96. The molecular formula is C11H12F3N3O2S. The Labute approximate surface area is 116 Å². The highest BCUT2D eigenvalue weighted by atomic mass is 32.1. The number of aryl methyl sites for hydroxylation is 1. The van der Waals surface area contributed by atoms with Crippen molar-refractivity contribution >= 4 is 11.3 Å². The molecule has 2 aromatic rings. The Bertz CT molecular complexity index is 581. The molecule has 20 heavy (non-hydrogen) atoms. The molecule has 2 unspecified atom stereocenters. The van der Waals surface area contributed by atoms with E-state index in [9.17, 15) is 13.2 Å². The van der Waals surface area contributed by atoms with Crippen LogP contribution in [0.3, 0.4) is 0 Å². The van der Waals surface area contributed by atoms with Crippen molar-refractivity contribution in [2.24, 2.45) is 0 Å². The van der Waals surface area contributed by atoms with E-state index in [0.29, 0.717) is 0 Å². The molecule has 0 aliphatic carbocycles. The lowest BCUT2D eigenvalue weighted by Crippen LogP contribution is -2.33. The normalized spacial score (nSPS) is 15.3. The van der Waals surface area contributed by atoms with E-state index in [0.717, 1.165) is 10.7 Å². The fraction of sp³-hybridized carbons (Fsp3) is 0.545. The van der Waals surface area contributed by atoms with E-state index in [1.165, 1.54) is 18.3 Å². The van der Waals surface area contributed by atoms with Crippen LogP contribution in [-0.2, 0) is 6.42 Å². The Balaban J connectivity index is 2.09. The molecule has 0 saturated heterocycles. The summed E-state index contributed by atoms with van der Waals surface area (Å²) in [5.41, 5.74) is 0.856. The molecule has 0 amide bonds. The first-order valence-electron chi connectivity index (χ1n) is 5.75. The molecule has 0 fully saturated rings. The molecule has 0 bridgehead atoms. The Kier molecular flexibility index (Phi) is 4.09. The van der Waals surface area contributed by atoms with Crippen molar-refractivity contribution in [2.45, 2.75) is 38.5 Å². The SMILES string of the molecule is Cc1csc(Cc2noc(C(C)C(O)C(F)(F)F)n2)n1. The summed E-state index contributed by atoms with van der Waals surface area (Å²) in [6.07, 6.45) is -6.96. The Morgan fingerprint density at radius 2 is 2.10 bits per heavy atom. The lowest BCUT2D eigenvalue weighted by atomic mass is 10.1. The fourth-order valence-electron chi connectivity index (χ4n) is 1.56. The summed E-state index contributed by atoms with van der Waals surface area (Å²) in [4.78, 5) is 8.08. The molecule has 110 valence electrons. The molecule has 0 radical (unpaired) electrons. The summed E-state index contributed by atoms with van der Waals surface area (Å²) in [5, 5.41) is 15.4. The molecule has 0 spiro atoms. The lowest BCUT2D eigenvalue weighted by Gasteiger charge is -2.17. The third kappa shape index (κ3) is 3.34. The van der Waals surface area contributed by atoms with E-state index in [4.69, 9.17) is 9.63 Å². The number of aliphatic hydroxyl groups excluding tert-OH is 1. The van der Waals surface area contributed by atoms with Crippen LogP contribution in [0, 0.1) is 6.92 Å². The van der Waals surface area contributed by atoms with Crippen molar-refractivity contribution in [2.75, 3.05) is 0 Å². The van der Waals surface area contributed by atoms with Crippen molar-refractivity contribution < 1.29 is 22.8 Å². The molecule has 1 N–H and O–H groups in total. The number of aromatic nitrogens is 3. The average molecular weight is 307 g/mol. The first-order chi connectivity index (χ1) is 9.27. The molecule has 9 heteroatoms. The van der Waals surface area contributed by atoms with Gasteiger partial charge in [-0.15, -0.1) is 11.3 Å². The molecule has 0 saturated carbocycles. The van der Waals surface area contributed by atoms with Gasteiger partial charge in [0.25, 0.3) is 0 Å². The van der Waals surface area contributed by atoms with Crippen LogP contribution in [0.2, 0.25) is 0 Å². The standard InChI is InChI=1S/C11H12F3N3O2S/c1-5-4-20-8(15-5)3-7-16-10(19-17-7)6(2)9(18)11(12,13)14/h4,6,9,18H,3H2,1-2H3. The van der Waals surface area contributed by atoms with Crippen LogP contribution in [0.15, 0.2) is 9.90 Å². The van der Waals surface area contributed by atoms with Gasteiger partial charge in [-0.05, 0) is 6.92 Å². The van der Waals surface area contributed by atoms with Crippen molar-refractivity contribution in [1.29, 1.82) is 0 Å². The molecule has 2 aromatic heterocycles. The van der Waals surface area contributed by atoms with Gasteiger partial charge in [0.1, 0.15) is 5.01 Å². The van der Waals surface area contributed by atoms with Gasteiger partial charge >= 0.3 is 6.18 Å². The quantitative estimate of drug-likeness (QED) is 0.939. The van der Waals surface area contributed by atoms with E-state index in [1.807, 2.05) is 12.3 Å². The van der Waals surface area contributed by atoms with Gasteiger partial charge in [-0.1, -0.05) is 12.1 Å². The van der Waals surface area contributed by atoms with Gasteiger partial charge in [-0.3, -0.25) is 0 Å². The maximum atomic E-state index is 12.4. The number of thiazole rings is 1. The van der Waals surface area contributed by atoms with Crippen LogP contribution >= 0.6 is 11.3 Å². The van der Waals surface area contributed by atoms with Gasteiger partial charge in [0.2, 0.25) is 5.89 Å². The van der Waals surface area contributed by atoms with Crippen molar-refractivity contribution in [1.82, 2.24) is 15.1 Å². The van der Waals surface area contributed by atoms with Gasteiger partial charge in [0, 0.05) is 11.1 Å². The summed E-state index contributed by atoms with van der Waals surface area (Å²) < 4.78 is 42.0. The summed E-state index contributed by atoms with van der Waals surface area (Å²) in [6, 6.07) is 0. The van der Waals surface area contributed by atoms with Gasteiger partial charge in [0.15, 0.2) is 11.9 Å². The highest BCUT2D eigenvalue weighted by Crippen LogP contribution is 2.30. The Morgan fingerprint density at radius 1 is 1.40 bits per heavy atom. The van der Waals surface area contributed by atoms with Crippen LogP contribution < -0.4 is 0 Å². The van der Waals surface area contributed by atoms with Crippen LogP contribution in [-0.4, -0.2) is 32.5 Å². The summed E-state index contributed by atoms with van der Waals surface area (Å²) in [7, 11) is 0. The third-order valence-electron chi connectivity index (χ3n) is 2.66. The first-order valence-corrected chi connectivity index (χ1v) is 6.63. The molecule has 0 aromatic carbocycles. The number of aliphatic hydroxyl groups is 1. The second-order valence-corrected chi connectivity index (χ2v) is 5.33.